The average molecular weight is 193 g/mol. The minimum atomic E-state index is -0.316. The normalized spacial score (nSPS) is 12.4. The Labute approximate surface area is 83.5 Å². The maximum atomic E-state index is 10.9. The lowest BCUT2D eigenvalue weighted by atomic mass is 10.2. The van der Waals surface area contributed by atoms with Gasteiger partial charge in [-0.25, -0.2) is 0 Å². The van der Waals surface area contributed by atoms with E-state index in [4.69, 9.17) is 5.73 Å². The van der Waals surface area contributed by atoms with E-state index in [2.05, 4.69) is 10.3 Å². The molecule has 76 valence electrons. The number of hydrogen-bond donors (Lipinski definition) is 2. The molecule has 1 unspecified atom stereocenters. The van der Waals surface area contributed by atoms with E-state index in [1.54, 1.807) is 6.20 Å². The van der Waals surface area contributed by atoms with Crippen LogP contribution in [0.15, 0.2) is 24.4 Å². The van der Waals surface area contributed by atoms with E-state index in [1.165, 1.54) is 0 Å². The molecule has 0 aromatic carbocycles. The third-order valence-electron chi connectivity index (χ3n) is 2.01. The Morgan fingerprint density at radius 3 is 2.93 bits per heavy atom. The first kappa shape index (κ1) is 10.7. The number of hydrogen-bond acceptors (Lipinski definition) is 3. The van der Waals surface area contributed by atoms with Crippen molar-refractivity contribution in [3.05, 3.63) is 30.1 Å². The Balaban J connectivity index is 2.44. The van der Waals surface area contributed by atoms with Gasteiger partial charge in [-0.1, -0.05) is 13.0 Å². The Bertz CT molecular complexity index is 287. The SMILES string of the molecule is CCC(NCc1ccccn1)C(N)=O. The lowest BCUT2D eigenvalue weighted by Crippen LogP contribution is -2.40. The zero-order valence-corrected chi connectivity index (χ0v) is 8.23. The van der Waals surface area contributed by atoms with Gasteiger partial charge in [-0.15, -0.1) is 0 Å². The molecule has 0 saturated carbocycles. The molecule has 0 aliphatic heterocycles. The second-order valence-corrected chi connectivity index (χ2v) is 3.07. The van der Waals surface area contributed by atoms with Crippen molar-refractivity contribution in [2.45, 2.75) is 25.9 Å². The molecule has 0 aliphatic carbocycles. The molecule has 0 bridgehead atoms. The molecular weight excluding hydrogens is 178 g/mol. The first-order chi connectivity index (χ1) is 6.74. The van der Waals surface area contributed by atoms with Crippen LogP contribution in [0.3, 0.4) is 0 Å². The van der Waals surface area contributed by atoms with Gasteiger partial charge in [-0.3, -0.25) is 9.78 Å². The number of primary amides is 1. The van der Waals surface area contributed by atoms with Gasteiger partial charge < -0.3 is 11.1 Å². The van der Waals surface area contributed by atoms with E-state index in [0.29, 0.717) is 13.0 Å². The summed E-state index contributed by atoms with van der Waals surface area (Å²) in [4.78, 5) is 15.0. The Kier molecular flexibility index (Phi) is 4.07. The van der Waals surface area contributed by atoms with Gasteiger partial charge in [0.1, 0.15) is 0 Å². The zero-order chi connectivity index (χ0) is 10.4. The van der Waals surface area contributed by atoms with Crippen molar-refractivity contribution < 1.29 is 4.79 Å². The van der Waals surface area contributed by atoms with Gasteiger partial charge in [-0.05, 0) is 18.6 Å². The van der Waals surface area contributed by atoms with Crippen LogP contribution in [0.1, 0.15) is 19.0 Å². The summed E-state index contributed by atoms with van der Waals surface area (Å²) in [6.45, 7) is 2.49. The van der Waals surface area contributed by atoms with Crippen molar-refractivity contribution in [1.82, 2.24) is 10.3 Å². The average Bonchev–Trinajstić information content (AvgIpc) is 2.20. The number of nitrogens with one attached hydrogen (secondary N) is 1. The van der Waals surface area contributed by atoms with Gasteiger partial charge in [-0.2, -0.15) is 0 Å². The first-order valence-corrected chi connectivity index (χ1v) is 4.66. The summed E-state index contributed by atoms with van der Waals surface area (Å²) in [6.07, 6.45) is 2.42. The number of carbonyl (C=O) groups is 1. The van der Waals surface area contributed by atoms with Gasteiger partial charge in [0.2, 0.25) is 5.91 Å². The minimum Gasteiger partial charge on any atom is -0.368 e. The minimum absolute atomic E-state index is 0.267. The third-order valence-corrected chi connectivity index (χ3v) is 2.01. The molecule has 0 aliphatic rings. The molecule has 0 radical (unpaired) electrons. The highest BCUT2D eigenvalue weighted by Gasteiger charge is 2.11. The van der Waals surface area contributed by atoms with Crippen LogP contribution in [0, 0.1) is 0 Å². The van der Waals surface area contributed by atoms with Gasteiger partial charge >= 0.3 is 0 Å². The van der Waals surface area contributed by atoms with Crippen molar-refractivity contribution in [1.29, 1.82) is 0 Å². The molecule has 3 N–H and O–H groups in total. The van der Waals surface area contributed by atoms with Crippen LogP contribution in [0.25, 0.3) is 0 Å². The lowest BCUT2D eigenvalue weighted by molar-refractivity contribution is -0.120. The van der Waals surface area contributed by atoms with E-state index < -0.39 is 0 Å². The Morgan fingerprint density at radius 2 is 2.43 bits per heavy atom. The molecule has 4 heteroatoms. The van der Waals surface area contributed by atoms with Crippen molar-refractivity contribution in [2.24, 2.45) is 5.73 Å². The van der Waals surface area contributed by atoms with Crippen LogP contribution in [0.4, 0.5) is 0 Å². The molecule has 1 amide bonds. The Morgan fingerprint density at radius 1 is 1.64 bits per heavy atom. The van der Waals surface area contributed by atoms with Gasteiger partial charge in [0.15, 0.2) is 0 Å². The van der Waals surface area contributed by atoms with E-state index in [0.717, 1.165) is 5.69 Å². The van der Waals surface area contributed by atoms with Gasteiger partial charge in [0.25, 0.3) is 0 Å². The van der Waals surface area contributed by atoms with E-state index in [-0.39, 0.29) is 11.9 Å². The van der Waals surface area contributed by atoms with Crippen LogP contribution >= 0.6 is 0 Å². The van der Waals surface area contributed by atoms with Gasteiger partial charge in [0.05, 0.1) is 11.7 Å². The molecule has 4 nitrogen and oxygen atoms in total. The largest absolute Gasteiger partial charge is 0.368 e. The van der Waals surface area contributed by atoms with Crippen LogP contribution in [-0.4, -0.2) is 16.9 Å². The fourth-order valence-corrected chi connectivity index (χ4v) is 1.18. The zero-order valence-electron chi connectivity index (χ0n) is 8.23. The summed E-state index contributed by atoms with van der Waals surface area (Å²) in [7, 11) is 0. The van der Waals surface area contributed by atoms with Crippen molar-refractivity contribution in [3.63, 3.8) is 0 Å². The number of aromatic nitrogens is 1. The summed E-state index contributed by atoms with van der Waals surface area (Å²) >= 11 is 0. The van der Waals surface area contributed by atoms with E-state index in [1.807, 2.05) is 25.1 Å². The van der Waals surface area contributed by atoms with E-state index >= 15 is 0 Å². The smallest absolute Gasteiger partial charge is 0.234 e. The molecule has 0 fully saturated rings. The fourth-order valence-electron chi connectivity index (χ4n) is 1.18. The quantitative estimate of drug-likeness (QED) is 0.712. The molecular formula is C10H15N3O. The standard InChI is InChI=1S/C10H15N3O/c1-2-9(10(11)14)13-7-8-5-3-4-6-12-8/h3-6,9,13H,2,7H2,1H3,(H2,11,14). The summed E-state index contributed by atoms with van der Waals surface area (Å²) in [5.74, 6) is -0.316. The fraction of sp³-hybridized carbons (Fsp3) is 0.400. The number of carbonyl (C=O) groups excluding carboxylic acids is 1. The molecule has 14 heavy (non-hydrogen) atoms. The van der Waals surface area contributed by atoms with Crippen LogP contribution in [-0.2, 0) is 11.3 Å². The number of nitrogens with zero attached hydrogens (tertiary/aromatic N) is 1. The van der Waals surface area contributed by atoms with Crippen molar-refractivity contribution in [2.75, 3.05) is 0 Å². The molecule has 1 rings (SSSR count). The highest BCUT2D eigenvalue weighted by atomic mass is 16.1. The number of pyridine rings is 1. The second kappa shape index (κ2) is 5.34. The second-order valence-electron chi connectivity index (χ2n) is 3.07. The molecule has 1 heterocycles. The molecule has 1 aromatic rings. The van der Waals surface area contributed by atoms with Crippen LogP contribution in [0.5, 0.6) is 0 Å². The maximum Gasteiger partial charge on any atom is 0.234 e. The summed E-state index contributed by atoms with van der Waals surface area (Å²) in [6, 6.07) is 5.40. The predicted molar refractivity (Wildman–Crippen MR) is 54.4 cm³/mol. The van der Waals surface area contributed by atoms with E-state index in [9.17, 15) is 4.79 Å². The highest BCUT2D eigenvalue weighted by Crippen LogP contribution is 1.95. The molecule has 1 atom stereocenters. The number of nitrogens with two attached hydrogens (primary N) is 1. The summed E-state index contributed by atoms with van der Waals surface area (Å²) in [5, 5.41) is 3.05. The number of rotatable bonds is 5. The molecule has 1 aromatic heterocycles. The first-order valence-electron chi connectivity index (χ1n) is 4.66. The van der Waals surface area contributed by atoms with Crippen molar-refractivity contribution >= 4 is 5.91 Å². The summed E-state index contributed by atoms with van der Waals surface area (Å²) < 4.78 is 0. The molecule has 0 saturated heterocycles. The third kappa shape index (κ3) is 3.14. The van der Waals surface area contributed by atoms with Gasteiger partial charge in [0, 0.05) is 12.7 Å². The topological polar surface area (TPSA) is 68.0 Å². The predicted octanol–water partition coefficient (Wildman–Crippen LogP) is 0.435. The Hall–Kier alpha value is -1.42. The number of amides is 1. The maximum absolute atomic E-state index is 10.9. The van der Waals surface area contributed by atoms with Crippen molar-refractivity contribution in [3.8, 4) is 0 Å². The van der Waals surface area contributed by atoms with Crippen LogP contribution in [0.2, 0.25) is 0 Å². The summed E-state index contributed by atoms with van der Waals surface area (Å²) in [5.41, 5.74) is 6.10. The lowest BCUT2D eigenvalue weighted by Gasteiger charge is -2.12. The highest BCUT2D eigenvalue weighted by molar-refractivity contribution is 5.79. The monoisotopic (exact) mass is 193 g/mol. The molecule has 0 spiro atoms. The van der Waals surface area contributed by atoms with Crippen LogP contribution < -0.4 is 11.1 Å².